The van der Waals surface area contributed by atoms with E-state index in [9.17, 15) is 13.0 Å². The third kappa shape index (κ3) is 3.53. The van der Waals surface area contributed by atoms with E-state index in [-0.39, 0.29) is 5.75 Å². The van der Waals surface area contributed by atoms with Crippen LogP contribution >= 0.6 is 8.46 Å². The number of para-hydroxylation sites is 1. The summed E-state index contributed by atoms with van der Waals surface area (Å²) in [5.74, 6) is 0.228. The van der Waals surface area contributed by atoms with Crippen LogP contribution in [0.2, 0.25) is 0 Å². The van der Waals surface area contributed by atoms with Crippen molar-refractivity contribution in [2.75, 3.05) is 5.49 Å². The predicted octanol–water partition coefficient (Wildman–Crippen LogP) is 1.64. The molecule has 0 spiro atoms. The second kappa shape index (κ2) is 4.35. The predicted molar refractivity (Wildman–Crippen MR) is 48.5 cm³/mol. The fourth-order valence-corrected chi connectivity index (χ4v) is 1.85. The molecule has 1 aromatic rings. The van der Waals surface area contributed by atoms with E-state index >= 15 is 0 Å². The second-order valence-corrected chi connectivity index (χ2v) is 4.79. The minimum absolute atomic E-state index is 0.228. The number of hydrogen-bond acceptors (Lipinski definition) is 4. The summed E-state index contributed by atoms with van der Waals surface area (Å²) in [6.45, 7) is 0. The van der Waals surface area contributed by atoms with E-state index in [1.54, 1.807) is 18.2 Å². The molecule has 0 radical (unpaired) electrons. The quantitative estimate of drug-likeness (QED) is 0.569. The average molecular weight is 218 g/mol. The monoisotopic (exact) mass is 218 g/mol. The standard InChI is InChI=1S/C7H7O4PS/c8-12-6-13(9,10)11-7-4-2-1-3-5-7/h1-5H,6H2. The lowest BCUT2D eigenvalue weighted by molar-refractivity contribution is 0.491. The van der Waals surface area contributed by atoms with Crippen molar-refractivity contribution < 1.29 is 17.2 Å². The minimum Gasteiger partial charge on any atom is -0.382 e. The Bertz CT molecular complexity index is 373. The summed E-state index contributed by atoms with van der Waals surface area (Å²) in [7, 11) is -4.18. The molecule has 1 aromatic carbocycles. The van der Waals surface area contributed by atoms with Gasteiger partial charge in [0, 0.05) is 0 Å². The molecule has 0 amide bonds. The van der Waals surface area contributed by atoms with Gasteiger partial charge in [0.15, 0.2) is 14.0 Å². The summed E-state index contributed by atoms with van der Waals surface area (Å²) in [6.07, 6.45) is 0. The van der Waals surface area contributed by atoms with Crippen LogP contribution in [0.4, 0.5) is 0 Å². The first-order valence-corrected chi connectivity index (χ1v) is 5.98. The van der Waals surface area contributed by atoms with Crippen molar-refractivity contribution in [2.24, 2.45) is 0 Å². The van der Waals surface area contributed by atoms with Gasteiger partial charge < -0.3 is 4.18 Å². The Kier molecular flexibility index (Phi) is 3.39. The van der Waals surface area contributed by atoms with Gasteiger partial charge in [-0.15, -0.1) is 0 Å². The molecule has 0 atom stereocenters. The first-order chi connectivity index (χ1) is 6.14. The summed E-state index contributed by atoms with van der Waals surface area (Å²) < 4.78 is 36.6. The third-order valence-electron chi connectivity index (χ3n) is 1.18. The van der Waals surface area contributed by atoms with Crippen molar-refractivity contribution in [1.82, 2.24) is 0 Å². The van der Waals surface area contributed by atoms with Crippen LogP contribution in [0, 0.1) is 0 Å². The number of rotatable bonds is 4. The van der Waals surface area contributed by atoms with E-state index in [0.29, 0.717) is 0 Å². The van der Waals surface area contributed by atoms with Gasteiger partial charge in [-0.2, -0.15) is 8.42 Å². The highest BCUT2D eigenvalue weighted by molar-refractivity contribution is 7.91. The van der Waals surface area contributed by atoms with Crippen molar-refractivity contribution in [1.29, 1.82) is 0 Å². The fourth-order valence-electron chi connectivity index (χ4n) is 0.714. The summed E-state index contributed by atoms with van der Waals surface area (Å²) >= 11 is 0. The molecule has 0 bridgehead atoms. The summed E-state index contributed by atoms with van der Waals surface area (Å²) in [5, 5.41) is 0. The first kappa shape index (κ1) is 10.2. The van der Waals surface area contributed by atoms with Crippen LogP contribution in [0.15, 0.2) is 30.3 Å². The van der Waals surface area contributed by atoms with Gasteiger partial charge >= 0.3 is 10.1 Å². The molecule has 0 aliphatic rings. The molecule has 0 saturated carbocycles. The Labute approximate surface area is 77.9 Å². The average Bonchev–Trinajstić information content (AvgIpc) is 2.04. The van der Waals surface area contributed by atoms with E-state index in [1.807, 2.05) is 0 Å². The highest BCUT2D eigenvalue weighted by Gasteiger charge is 2.11. The van der Waals surface area contributed by atoms with E-state index in [4.69, 9.17) is 0 Å². The zero-order valence-corrected chi connectivity index (χ0v) is 8.29. The molecule has 4 nitrogen and oxygen atoms in total. The molecule has 0 fully saturated rings. The highest BCUT2D eigenvalue weighted by atomic mass is 32.2. The van der Waals surface area contributed by atoms with E-state index < -0.39 is 24.1 Å². The van der Waals surface area contributed by atoms with Gasteiger partial charge in [0.25, 0.3) is 0 Å². The van der Waals surface area contributed by atoms with Gasteiger partial charge in [-0.3, -0.25) is 4.57 Å². The Morgan fingerprint density at radius 1 is 1.23 bits per heavy atom. The topological polar surface area (TPSA) is 60.4 Å². The summed E-state index contributed by atoms with van der Waals surface area (Å²) in [5.41, 5.74) is -0.526. The van der Waals surface area contributed by atoms with E-state index in [2.05, 4.69) is 4.18 Å². The molecule has 1 rings (SSSR count). The lowest BCUT2D eigenvalue weighted by atomic mass is 10.3. The molecule has 0 N–H and O–H groups in total. The van der Waals surface area contributed by atoms with Crippen molar-refractivity contribution in [3.63, 3.8) is 0 Å². The molecule has 0 unspecified atom stereocenters. The molecule has 0 aliphatic heterocycles. The van der Waals surface area contributed by atoms with Gasteiger partial charge in [0.1, 0.15) is 5.75 Å². The minimum atomic E-state index is -3.71. The highest BCUT2D eigenvalue weighted by Crippen LogP contribution is 2.13. The Hall–Kier alpha value is -0.930. The molecular formula is C7H7O4PS. The van der Waals surface area contributed by atoms with E-state index in [1.165, 1.54) is 12.1 Å². The maximum absolute atomic E-state index is 11.0. The van der Waals surface area contributed by atoms with Crippen molar-refractivity contribution >= 4 is 18.6 Å². The zero-order chi connectivity index (χ0) is 9.73. The Morgan fingerprint density at radius 3 is 2.38 bits per heavy atom. The molecule has 0 heterocycles. The molecule has 0 aromatic heterocycles. The van der Waals surface area contributed by atoms with Crippen LogP contribution < -0.4 is 4.18 Å². The summed E-state index contributed by atoms with van der Waals surface area (Å²) in [4.78, 5) is 0. The normalized spacial score (nSPS) is 11.4. The SMILES string of the molecule is O=PCS(=O)(=O)Oc1ccccc1. The van der Waals surface area contributed by atoms with Crippen LogP contribution in [0.3, 0.4) is 0 Å². The lowest BCUT2D eigenvalue weighted by Crippen LogP contribution is -2.09. The molecule has 6 heteroatoms. The van der Waals surface area contributed by atoms with Crippen LogP contribution in [-0.2, 0) is 14.7 Å². The lowest BCUT2D eigenvalue weighted by Gasteiger charge is -2.02. The fraction of sp³-hybridized carbons (Fsp3) is 0.143. The van der Waals surface area contributed by atoms with Gasteiger partial charge in [-0.1, -0.05) is 18.2 Å². The molecular weight excluding hydrogens is 211 g/mol. The van der Waals surface area contributed by atoms with Gasteiger partial charge in [0.05, 0.1) is 0 Å². The van der Waals surface area contributed by atoms with Crippen molar-refractivity contribution in [3.8, 4) is 5.75 Å². The summed E-state index contributed by atoms with van der Waals surface area (Å²) in [6, 6.07) is 8.07. The van der Waals surface area contributed by atoms with Crippen LogP contribution in [0.1, 0.15) is 0 Å². The van der Waals surface area contributed by atoms with Gasteiger partial charge in [0.2, 0.25) is 0 Å². The second-order valence-electron chi connectivity index (χ2n) is 2.21. The maximum Gasteiger partial charge on any atom is 0.320 e. The number of benzene rings is 1. The largest absolute Gasteiger partial charge is 0.382 e. The first-order valence-electron chi connectivity index (χ1n) is 3.40. The molecule has 0 saturated heterocycles. The van der Waals surface area contributed by atoms with Crippen molar-refractivity contribution in [2.45, 2.75) is 0 Å². The smallest absolute Gasteiger partial charge is 0.320 e. The molecule has 13 heavy (non-hydrogen) atoms. The van der Waals surface area contributed by atoms with Crippen LogP contribution in [0.25, 0.3) is 0 Å². The zero-order valence-electron chi connectivity index (χ0n) is 6.58. The van der Waals surface area contributed by atoms with Gasteiger partial charge in [-0.05, 0) is 12.1 Å². The van der Waals surface area contributed by atoms with E-state index in [0.717, 1.165) is 0 Å². The Morgan fingerprint density at radius 2 is 1.85 bits per heavy atom. The van der Waals surface area contributed by atoms with Crippen molar-refractivity contribution in [3.05, 3.63) is 30.3 Å². The van der Waals surface area contributed by atoms with Crippen LogP contribution in [-0.4, -0.2) is 13.9 Å². The maximum atomic E-state index is 11.0. The number of hydrogen-bond donors (Lipinski definition) is 0. The van der Waals surface area contributed by atoms with Gasteiger partial charge in [-0.25, -0.2) is 0 Å². The molecule has 70 valence electrons. The third-order valence-corrected chi connectivity index (χ3v) is 3.31. The Balaban J connectivity index is 2.75. The van der Waals surface area contributed by atoms with Crippen LogP contribution in [0.5, 0.6) is 5.75 Å². The molecule has 0 aliphatic carbocycles.